The van der Waals surface area contributed by atoms with Crippen LogP contribution in [-0.4, -0.2) is 22.3 Å². The Morgan fingerprint density at radius 3 is 2.78 bits per heavy atom. The van der Waals surface area contributed by atoms with Crippen molar-refractivity contribution in [3.05, 3.63) is 88.7 Å². The third-order valence-corrected chi connectivity index (χ3v) is 5.83. The minimum atomic E-state index is -0.439. The van der Waals surface area contributed by atoms with E-state index in [2.05, 4.69) is 5.32 Å². The zero-order chi connectivity index (χ0) is 22.1. The Balaban J connectivity index is 1.39. The highest BCUT2D eigenvalue weighted by Gasteiger charge is 2.22. The Labute approximate surface area is 190 Å². The minimum Gasteiger partial charge on any atom is -0.454 e. The molecule has 1 N–H and O–H groups in total. The SMILES string of the molecule is C[C@@H](C(=O)NCc1ccc2c(c1)OCO2)n1c(Cc2cccc(Cl)c2)nc2ccccc21. The molecule has 0 bridgehead atoms. The molecule has 162 valence electrons. The lowest BCUT2D eigenvalue weighted by Crippen LogP contribution is -2.31. The van der Waals surface area contributed by atoms with Crippen molar-refractivity contribution in [1.82, 2.24) is 14.9 Å². The van der Waals surface area contributed by atoms with Crippen molar-refractivity contribution in [3.63, 3.8) is 0 Å². The Hall–Kier alpha value is -3.51. The van der Waals surface area contributed by atoms with Crippen molar-refractivity contribution in [3.8, 4) is 11.5 Å². The van der Waals surface area contributed by atoms with Gasteiger partial charge in [0, 0.05) is 18.0 Å². The summed E-state index contributed by atoms with van der Waals surface area (Å²) in [6, 6.07) is 20.8. The maximum atomic E-state index is 13.1. The predicted octanol–water partition coefficient (Wildman–Crippen LogP) is 4.89. The fourth-order valence-corrected chi connectivity index (χ4v) is 4.20. The molecule has 0 radical (unpaired) electrons. The van der Waals surface area contributed by atoms with E-state index in [1.807, 2.05) is 78.2 Å². The van der Waals surface area contributed by atoms with E-state index in [1.165, 1.54) is 0 Å². The van der Waals surface area contributed by atoms with E-state index in [0.29, 0.717) is 23.7 Å². The van der Waals surface area contributed by atoms with Gasteiger partial charge in [0.05, 0.1) is 11.0 Å². The van der Waals surface area contributed by atoms with Crippen molar-refractivity contribution in [2.24, 2.45) is 0 Å². The highest BCUT2D eigenvalue weighted by Crippen LogP contribution is 2.32. The van der Waals surface area contributed by atoms with Crippen LogP contribution in [0.2, 0.25) is 5.02 Å². The molecule has 0 unspecified atom stereocenters. The summed E-state index contributed by atoms with van der Waals surface area (Å²) >= 11 is 6.17. The first-order valence-electron chi connectivity index (χ1n) is 10.4. The number of hydrogen-bond donors (Lipinski definition) is 1. The first-order chi connectivity index (χ1) is 15.6. The van der Waals surface area contributed by atoms with Crippen molar-refractivity contribution in [2.75, 3.05) is 6.79 Å². The number of aromatic nitrogens is 2. The van der Waals surface area contributed by atoms with E-state index < -0.39 is 6.04 Å². The Bertz CT molecular complexity index is 1300. The summed E-state index contributed by atoms with van der Waals surface area (Å²) in [5, 5.41) is 3.72. The molecule has 0 saturated heterocycles. The molecular formula is C25H22ClN3O3. The van der Waals surface area contributed by atoms with Gasteiger partial charge in [-0.25, -0.2) is 4.98 Å². The van der Waals surface area contributed by atoms with Gasteiger partial charge in [0.25, 0.3) is 0 Å². The second-order valence-corrected chi connectivity index (χ2v) is 8.21. The largest absolute Gasteiger partial charge is 0.454 e. The molecule has 1 aliphatic heterocycles. The number of ether oxygens (including phenoxy) is 2. The number of hydrogen-bond acceptors (Lipinski definition) is 4. The quantitative estimate of drug-likeness (QED) is 0.457. The standard InChI is InChI=1S/C25H22ClN3O3/c1-16(25(30)27-14-18-9-10-22-23(12-18)32-15-31-22)29-21-8-3-2-7-20(21)28-24(29)13-17-5-4-6-19(26)11-17/h2-12,16H,13-15H2,1H3,(H,27,30)/t16-/m0/s1. The maximum absolute atomic E-state index is 13.1. The Kier molecular flexibility index (Phi) is 5.45. The van der Waals surface area contributed by atoms with Crippen LogP contribution in [-0.2, 0) is 17.8 Å². The number of nitrogens with one attached hydrogen (secondary N) is 1. The number of imidazole rings is 1. The lowest BCUT2D eigenvalue weighted by molar-refractivity contribution is -0.124. The van der Waals surface area contributed by atoms with E-state index in [0.717, 1.165) is 33.7 Å². The van der Waals surface area contributed by atoms with Gasteiger partial charge in [0.1, 0.15) is 11.9 Å². The van der Waals surface area contributed by atoms with Gasteiger partial charge in [0.2, 0.25) is 12.7 Å². The Morgan fingerprint density at radius 2 is 1.91 bits per heavy atom. The molecule has 2 heterocycles. The molecule has 4 aromatic rings. The van der Waals surface area contributed by atoms with Crippen LogP contribution in [0.25, 0.3) is 11.0 Å². The van der Waals surface area contributed by atoms with Crippen molar-refractivity contribution < 1.29 is 14.3 Å². The first kappa shape index (κ1) is 20.4. The second kappa shape index (κ2) is 8.55. The molecule has 3 aromatic carbocycles. The van der Waals surface area contributed by atoms with Crippen LogP contribution in [0.5, 0.6) is 11.5 Å². The number of halogens is 1. The fourth-order valence-electron chi connectivity index (χ4n) is 3.99. The summed E-state index contributed by atoms with van der Waals surface area (Å²) in [5.74, 6) is 2.16. The zero-order valence-corrected chi connectivity index (χ0v) is 18.3. The van der Waals surface area contributed by atoms with Crippen LogP contribution in [0.1, 0.15) is 29.9 Å². The first-order valence-corrected chi connectivity index (χ1v) is 10.8. The third kappa shape index (κ3) is 4.01. The molecule has 0 aliphatic carbocycles. The van der Waals surface area contributed by atoms with Crippen LogP contribution in [0.15, 0.2) is 66.7 Å². The summed E-state index contributed by atoms with van der Waals surface area (Å²) < 4.78 is 12.8. The number of carbonyl (C=O) groups is 1. The molecule has 7 heteroatoms. The van der Waals surface area contributed by atoms with Crippen LogP contribution >= 0.6 is 11.6 Å². The number of para-hydroxylation sites is 2. The van der Waals surface area contributed by atoms with Crippen LogP contribution in [0.3, 0.4) is 0 Å². The normalized spacial score (nSPS) is 13.3. The summed E-state index contributed by atoms with van der Waals surface area (Å²) in [6.07, 6.45) is 0.578. The number of carbonyl (C=O) groups excluding carboxylic acids is 1. The van der Waals surface area contributed by atoms with Crippen LogP contribution in [0.4, 0.5) is 0 Å². The molecule has 1 atom stereocenters. The van der Waals surface area contributed by atoms with Crippen molar-refractivity contribution in [1.29, 1.82) is 0 Å². The van der Waals surface area contributed by atoms with Gasteiger partial charge in [-0.1, -0.05) is 41.9 Å². The number of fused-ring (bicyclic) bond motifs is 2. The minimum absolute atomic E-state index is 0.0850. The van der Waals surface area contributed by atoms with E-state index in [4.69, 9.17) is 26.1 Å². The van der Waals surface area contributed by atoms with Gasteiger partial charge in [-0.05, 0) is 54.4 Å². The van der Waals surface area contributed by atoms with E-state index in [1.54, 1.807) is 0 Å². The molecule has 0 spiro atoms. The fraction of sp³-hybridized carbons (Fsp3) is 0.200. The lowest BCUT2D eigenvalue weighted by Gasteiger charge is -2.18. The van der Waals surface area contributed by atoms with Gasteiger partial charge >= 0.3 is 0 Å². The molecule has 0 fully saturated rings. The van der Waals surface area contributed by atoms with Gasteiger partial charge in [-0.15, -0.1) is 0 Å². The van der Waals surface area contributed by atoms with Gasteiger partial charge in [0.15, 0.2) is 11.5 Å². The molecule has 32 heavy (non-hydrogen) atoms. The summed E-state index contributed by atoms with van der Waals surface area (Å²) in [4.78, 5) is 17.9. The highest BCUT2D eigenvalue weighted by atomic mass is 35.5. The molecule has 1 aliphatic rings. The molecule has 6 nitrogen and oxygen atoms in total. The van der Waals surface area contributed by atoms with Crippen molar-refractivity contribution >= 4 is 28.5 Å². The molecule has 1 amide bonds. The molecular weight excluding hydrogens is 426 g/mol. The average Bonchev–Trinajstić information content (AvgIpc) is 3.40. The third-order valence-electron chi connectivity index (χ3n) is 5.59. The van der Waals surface area contributed by atoms with Gasteiger partial charge in [-0.2, -0.15) is 0 Å². The van der Waals surface area contributed by atoms with Gasteiger partial charge < -0.3 is 19.4 Å². The Morgan fingerprint density at radius 1 is 1.06 bits per heavy atom. The summed E-state index contributed by atoms with van der Waals surface area (Å²) in [5.41, 5.74) is 3.78. The lowest BCUT2D eigenvalue weighted by atomic mass is 10.1. The van der Waals surface area contributed by atoms with Crippen LogP contribution < -0.4 is 14.8 Å². The summed E-state index contributed by atoms with van der Waals surface area (Å²) in [6.45, 7) is 2.52. The molecule has 5 rings (SSSR count). The summed E-state index contributed by atoms with van der Waals surface area (Å²) in [7, 11) is 0. The highest BCUT2D eigenvalue weighted by molar-refractivity contribution is 6.30. The van der Waals surface area contributed by atoms with E-state index >= 15 is 0 Å². The number of rotatable bonds is 6. The number of benzene rings is 3. The number of amides is 1. The van der Waals surface area contributed by atoms with Crippen molar-refractivity contribution in [2.45, 2.75) is 25.9 Å². The second-order valence-electron chi connectivity index (χ2n) is 7.77. The smallest absolute Gasteiger partial charge is 0.243 e. The monoisotopic (exact) mass is 447 g/mol. The van der Waals surface area contributed by atoms with E-state index in [-0.39, 0.29) is 12.7 Å². The maximum Gasteiger partial charge on any atom is 0.243 e. The van der Waals surface area contributed by atoms with E-state index in [9.17, 15) is 4.79 Å². The zero-order valence-electron chi connectivity index (χ0n) is 17.5. The molecule has 0 saturated carbocycles. The van der Waals surface area contributed by atoms with Crippen LogP contribution in [0, 0.1) is 0 Å². The topological polar surface area (TPSA) is 65.4 Å². The van der Waals surface area contributed by atoms with Gasteiger partial charge in [-0.3, -0.25) is 4.79 Å². The predicted molar refractivity (Wildman–Crippen MR) is 123 cm³/mol. The molecule has 1 aromatic heterocycles. The average molecular weight is 448 g/mol. The number of nitrogens with zero attached hydrogens (tertiary/aromatic N) is 2.